The SMILES string of the molecule is CCCS(=O)(=O)N1CC[C@H](c2[nH]ncc2S(C)(=O)=O)C1. The highest BCUT2D eigenvalue weighted by atomic mass is 32.2. The Hall–Kier alpha value is -0.930. The van der Waals surface area contributed by atoms with Crippen LogP contribution in [-0.4, -0.2) is 56.4 Å². The topological polar surface area (TPSA) is 100 Å². The minimum Gasteiger partial charge on any atom is -0.281 e. The van der Waals surface area contributed by atoms with Gasteiger partial charge in [-0.1, -0.05) is 6.92 Å². The molecule has 0 unspecified atom stereocenters. The molecule has 1 aromatic heterocycles. The fraction of sp³-hybridized carbons (Fsp3) is 0.727. The normalized spacial score (nSPS) is 21.4. The highest BCUT2D eigenvalue weighted by Crippen LogP contribution is 2.31. The molecule has 114 valence electrons. The maximum absolute atomic E-state index is 12.0. The second-order valence-corrected chi connectivity index (χ2v) is 9.15. The minimum atomic E-state index is -3.35. The summed E-state index contributed by atoms with van der Waals surface area (Å²) in [5.41, 5.74) is 0.515. The van der Waals surface area contributed by atoms with E-state index in [4.69, 9.17) is 0 Å². The number of hydrogen-bond acceptors (Lipinski definition) is 5. The fourth-order valence-electron chi connectivity index (χ4n) is 2.48. The van der Waals surface area contributed by atoms with Gasteiger partial charge in [0.2, 0.25) is 10.0 Å². The van der Waals surface area contributed by atoms with Gasteiger partial charge in [-0.3, -0.25) is 5.10 Å². The number of sulfone groups is 1. The zero-order chi connectivity index (χ0) is 15.0. The zero-order valence-electron chi connectivity index (χ0n) is 11.5. The first kappa shape index (κ1) is 15.5. The number of aromatic nitrogens is 2. The molecule has 0 aliphatic carbocycles. The number of sulfonamides is 1. The van der Waals surface area contributed by atoms with Crippen LogP contribution >= 0.6 is 0 Å². The predicted octanol–water partition coefficient (Wildman–Crippen LogP) is 0.342. The lowest BCUT2D eigenvalue weighted by Gasteiger charge is -2.15. The van der Waals surface area contributed by atoms with Crippen molar-refractivity contribution in [3.8, 4) is 0 Å². The van der Waals surface area contributed by atoms with Gasteiger partial charge in [0.15, 0.2) is 9.84 Å². The van der Waals surface area contributed by atoms with E-state index in [1.165, 1.54) is 10.5 Å². The molecule has 0 aromatic carbocycles. The van der Waals surface area contributed by atoms with Crippen LogP contribution in [0.1, 0.15) is 31.4 Å². The summed E-state index contributed by atoms with van der Waals surface area (Å²) >= 11 is 0. The van der Waals surface area contributed by atoms with Gasteiger partial charge in [0, 0.05) is 25.3 Å². The van der Waals surface area contributed by atoms with Crippen molar-refractivity contribution in [2.24, 2.45) is 0 Å². The summed E-state index contributed by atoms with van der Waals surface area (Å²) in [7, 11) is -6.59. The van der Waals surface area contributed by atoms with Gasteiger partial charge in [-0.15, -0.1) is 0 Å². The highest BCUT2D eigenvalue weighted by molar-refractivity contribution is 7.90. The van der Waals surface area contributed by atoms with E-state index in [2.05, 4.69) is 10.2 Å². The van der Waals surface area contributed by atoms with Crippen molar-refractivity contribution in [2.75, 3.05) is 25.1 Å². The molecular formula is C11H19N3O4S2. The third-order valence-corrected chi connectivity index (χ3v) is 6.61. The Balaban J connectivity index is 2.21. The van der Waals surface area contributed by atoms with E-state index in [0.29, 0.717) is 31.6 Å². The van der Waals surface area contributed by atoms with E-state index in [1.54, 1.807) is 0 Å². The Kier molecular flexibility index (Phi) is 4.22. The summed E-state index contributed by atoms with van der Waals surface area (Å²) in [5.74, 6) is -0.0180. The van der Waals surface area contributed by atoms with Gasteiger partial charge < -0.3 is 0 Å². The van der Waals surface area contributed by atoms with Crippen molar-refractivity contribution in [1.29, 1.82) is 0 Å². The maximum Gasteiger partial charge on any atom is 0.214 e. The van der Waals surface area contributed by atoms with E-state index in [-0.39, 0.29) is 16.6 Å². The molecule has 1 fully saturated rings. The van der Waals surface area contributed by atoms with Crippen LogP contribution in [-0.2, 0) is 19.9 Å². The van der Waals surface area contributed by atoms with Gasteiger partial charge in [0.1, 0.15) is 4.90 Å². The highest BCUT2D eigenvalue weighted by Gasteiger charge is 2.34. The van der Waals surface area contributed by atoms with E-state index in [1.807, 2.05) is 6.92 Å². The molecule has 0 radical (unpaired) electrons. The fourth-order valence-corrected chi connectivity index (χ4v) is 4.90. The maximum atomic E-state index is 12.0. The van der Waals surface area contributed by atoms with Crippen molar-refractivity contribution in [3.05, 3.63) is 11.9 Å². The summed E-state index contributed by atoms with van der Waals surface area (Å²) < 4.78 is 48.8. The molecule has 20 heavy (non-hydrogen) atoms. The molecule has 0 amide bonds. The molecule has 2 heterocycles. The van der Waals surface area contributed by atoms with Gasteiger partial charge in [-0.25, -0.2) is 21.1 Å². The third kappa shape index (κ3) is 3.04. The molecule has 1 saturated heterocycles. The smallest absolute Gasteiger partial charge is 0.214 e. The molecule has 0 saturated carbocycles. The average molecular weight is 321 g/mol. The first-order valence-electron chi connectivity index (χ1n) is 6.47. The van der Waals surface area contributed by atoms with Crippen LogP contribution < -0.4 is 0 Å². The molecule has 9 heteroatoms. The van der Waals surface area contributed by atoms with Crippen LogP contribution in [0.15, 0.2) is 11.1 Å². The van der Waals surface area contributed by atoms with E-state index in [0.717, 1.165) is 6.26 Å². The molecule has 0 spiro atoms. The number of aromatic amines is 1. The quantitative estimate of drug-likeness (QED) is 0.843. The molecule has 1 aliphatic rings. The number of rotatable bonds is 5. The molecule has 7 nitrogen and oxygen atoms in total. The number of nitrogens with one attached hydrogen (secondary N) is 1. The summed E-state index contributed by atoms with van der Waals surface area (Å²) in [6.07, 6.45) is 3.59. The van der Waals surface area contributed by atoms with Gasteiger partial charge in [-0.2, -0.15) is 5.10 Å². The predicted molar refractivity (Wildman–Crippen MR) is 74.7 cm³/mol. The lowest BCUT2D eigenvalue weighted by Crippen LogP contribution is -2.30. The molecule has 1 aromatic rings. The zero-order valence-corrected chi connectivity index (χ0v) is 13.2. The van der Waals surface area contributed by atoms with Gasteiger partial charge in [0.25, 0.3) is 0 Å². The summed E-state index contributed by atoms with van der Waals surface area (Å²) in [6, 6.07) is 0. The molecule has 2 rings (SSSR count). The lowest BCUT2D eigenvalue weighted by molar-refractivity contribution is 0.471. The first-order chi connectivity index (χ1) is 9.25. The number of nitrogens with zero attached hydrogens (tertiary/aromatic N) is 2. The van der Waals surface area contributed by atoms with Gasteiger partial charge in [0.05, 0.1) is 17.6 Å². The van der Waals surface area contributed by atoms with Crippen LogP contribution in [0.25, 0.3) is 0 Å². The van der Waals surface area contributed by atoms with Crippen molar-refractivity contribution in [1.82, 2.24) is 14.5 Å². The molecule has 1 atom stereocenters. The van der Waals surface area contributed by atoms with E-state index in [9.17, 15) is 16.8 Å². The van der Waals surface area contributed by atoms with Crippen LogP contribution in [0, 0.1) is 0 Å². The van der Waals surface area contributed by atoms with E-state index >= 15 is 0 Å². The average Bonchev–Trinajstić information content (AvgIpc) is 2.97. The van der Waals surface area contributed by atoms with Crippen molar-refractivity contribution in [2.45, 2.75) is 30.6 Å². The van der Waals surface area contributed by atoms with Crippen LogP contribution in [0.2, 0.25) is 0 Å². The monoisotopic (exact) mass is 321 g/mol. The second-order valence-electron chi connectivity index (χ2n) is 5.08. The van der Waals surface area contributed by atoms with Crippen molar-refractivity contribution < 1.29 is 16.8 Å². The minimum absolute atomic E-state index is 0.127. The largest absolute Gasteiger partial charge is 0.281 e. The van der Waals surface area contributed by atoms with Gasteiger partial charge in [-0.05, 0) is 12.8 Å². The Morgan fingerprint density at radius 3 is 2.70 bits per heavy atom. The number of hydrogen-bond donors (Lipinski definition) is 1. The van der Waals surface area contributed by atoms with Crippen molar-refractivity contribution >= 4 is 19.9 Å². The Morgan fingerprint density at radius 1 is 1.40 bits per heavy atom. The van der Waals surface area contributed by atoms with Gasteiger partial charge >= 0.3 is 0 Å². The van der Waals surface area contributed by atoms with Crippen LogP contribution in [0.5, 0.6) is 0 Å². The third-order valence-electron chi connectivity index (χ3n) is 3.45. The van der Waals surface area contributed by atoms with Crippen LogP contribution in [0.3, 0.4) is 0 Å². The Morgan fingerprint density at radius 2 is 2.10 bits per heavy atom. The molecule has 1 N–H and O–H groups in total. The van der Waals surface area contributed by atoms with Crippen LogP contribution in [0.4, 0.5) is 0 Å². The second kappa shape index (κ2) is 5.45. The van der Waals surface area contributed by atoms with Crippen molar-refractivity contribution in [3.63, 3.8) is 0 Å². The lowest BCUT2D eigenvalue weighted by atomic mass is 10.1. The Bertz CT molecular complexity index is 678. The summed E-state index contributed by atoms with van der Waals surface area (Å²) in [4.78, 5) is 0.164. The summed E-state index contributed by atoms with van der Waals surface area (Å²) in [6.45, 7) is 2.56. The molecule has 0 bridgehead atoms. The molecule has 1 aliphatic heterocycles. The number of H-pyrrole nitrogens is 1. The van der Waals surface area contributed by atoms with E-state index < -0.39 is 19.9 Å². The Labute approximate surface area is 119 Å². The first-order valence-corrected chi connectivity index (χ1v) is 9.97. The molecular weight excluding hydrogens is 302 g/mol. The summed E-state index contributed by atoms with van der Waals surface area (Å²) in [5, 5.41) is 6.49. The standard InChI is InChI=1S/C11H19N3O4S2/c1-3-6-20(17,18)14-5-4-9(8-14)11-10(7-12-13-11)19(2,15)16/h7,9H,3-6,8H2,1-2H3,(H,12,13)/t9-/m0/s1.